The van der Waals surface area contributed by atoms with Gasteiger partial charge in [0.15, 0.2) is 0 Å². The first-order valence-electron chi connectivity index (χ1n) is 6.01. The summed E-state index contributed by atoms with van der Waals surface area (Å²) in [5, 5.41) is 7.50. The highest BCUT2D eigenvalue weighted by atomic mass is 19.1. The van der Waals surface area contributed by atoms with Crippen LogP contribution in [0.4, 0.5) is 4.39 Å². The molecular formula is C13H17FN4. The Morgan fingerprint density at radius 3 is 2.78 bits per heavy atom. The fourth-order valence-electron chi connectivity index (χ4n) is 1.93. The Labute approximate surface area is 106 Å². The predicted molar refractivity (Wildman–Crippen MR) is 67.5 cm³/mol. The number of rotatable bonds is 5. The van der Waals surface area contributed by atoms with Crippen LogP contribution in [0.15, 0.2) is 30.7 Å². The molecule has 2 rings (SSSR count). The van der Waals surface area contributed by atoms with Gasteiger partial charge in [-0.1, -0.05) is 6.92 Å². The summed E-state index contributed by atoms with van der Waals surface area (Å²) in [5.74, 6) is -0.310. The van der Waals surface area contributed by atoms with Crippen molar-refractivity contribution in [2.45, 2.75) is 19.4 Å². The predicted octanol–water partition coefficient (Wildman–Crippen LogP) is 1.85. The highest BCUT2D eigenvalue weighted by Crippen LogP contribution is 2.16. The Kier molecular flexibility index (Phi) is 4.04. The summed E-state index contributed by atoms with van der Waals surface area (Å²) in [6.07, 6.45) is 5.87. The van der Waals surface area contributed by atoms with Gasteiger partial charge in [-0.2, -0.15) is 5.10 Å². The number of likely N-dealkylation sites (N-methyl/N-ethyl adjacent to an activating group) is 1. The highest BCUT2D eigenvalue weighted by Gasteiger charge is 2.13. The molecule has 0 fully saturated rings. The van der Waals surface area contributed by atoms with Crippen molar-refractivity contribution >= 4 is 0 Å². The van der Waals surface area contributed by atoms with E-state index in [9.17, 15) is 4.39 Å². The number of pyridine rings is 1. The van der Waals surface area contributed by atoms with Gasteiger partial charge < -0.3 is 5.32 Å². The van der Waals surface area contributed by atoms with Gasteiger partial charge in [0, 0.05) is 13.2 Å². The molecule has 2 aromatic rings. The van der Waals surface area contributed by atoms with E-state index in [2.05, 4.69) is 15.4 Å². The molecule has 0 amide bonds. The lowest BCUT2D eigenvalue weighted by Crippen LogP contribution is -2.23. The van der Waals surface area contributed by atoms with Crippen molar-refractivity contribution in [3.05, 3.63) is 47.8 Å². The zero-order chi connectivity index (χ0) is 13.0. The van der Waals surface area contributed by atoms with E-state index < -0.39 is 0 Å². The summed E-state index contributed by atoms with van der Waals surface area (Å²) in [7, 11) is 1.89. The fraction of sp³-hybridized carbons (Fsp3) is 0.385. The number of aryl methyl sites for hydroxylation is 1. The third-order valence-corrected chi connectivity index (χ3v) is 2.76. The summed E-state index contributed by atoms with van der Waals surface area (Å²) >= 11 is 0. The molecule has 0 aliphatic rings. The monoisotopic (exact) mass is 248 g/mol. The molecule has 1 unspecified atom stereocenters. The molecule has 0 saturated carbocycles. The molecule has 4 nitrogen and oxygen atoms in total. The molecular weight excluding hydrogens is 231 g/mol. The van der Waals surface area contributed by atoms with Crippen LogP contribution in [0.5, 0.6) is 0 Å². The zero-order valence-electron chi connectivity index (χ0n) is 10.6. The van der Waals surface area contributed by atoms with Gasteiger partial charge >= 0.3 is 0 Å². The maximum Gasteiger partial charge on any atom is 0.141 e. The molecule has 0 aromatic carbocycles. The lowest BCUT2D eigenvalue weighted by atomic mass is 10.1. The van der Waals surface area contributed by atoms with E-state index in [1.54, 1.807) is 10.7 Å². The molecule has 0 saturated heterocycles. The first kappa shape index (κ1) is 12.7. The van der Waals surface area contributed by atoms with Crippen LogP contribution in [-0.2, 0) is 13.5 Å². The quantitative estimate of drug-likeness (QED) is 0.878. The SMILES string of the molecule is CCNC(Cc1cnn(C)c1)c1ccc(F)cn1. The molecule has 2 heterocycles. The second-order valence-electron chi connectivity index (χ2n) is 4.24. The fourth-order valence-corrected chi connectivity index (χ4v) is 1.93. The van der Waals surface area contributed by atoms with Gasteiger partial charge in [-0.15, -0.1) is 0 Å². The average Bonchev–Trinajstić information content (AvgIpc) is 2.75. The topological polar surface area (TPSA) is 42.7 Å². The van der Waals surface area contributed by atoms with Crippen molar-refractivity contribution in [3.8, 4) is 0 Å². The molecule has 0 radical (unpaired) electrons. The molecule has 1 atom stereocenters. The van der Waals surface area contributed by atoms with Gasteiger partial charge in [0.1, 0.15) is 5.82 Å². The van der Waals surface area contributed by atoms with E-state index in [-0.39, 0.29) is 11.9 Å². The van der Waals surface area contributed by atoms with Crippen LogP contribution in [-0.4, -0.2) is 21.3 Å². The van der Waals surface area contributed by atoms with Gasteiger partial charge in [0.05, 0.1) is 24.1 Å². The summed E-state index contributed by atoms with van der Waals surface area (Å²) in [4.78, 5) is 4.14. The van der Waals surface area contributed by atoms with E-state index in [1.807, 2.05) is 26.4 Å². The van der Waals surface area contributed by atoms with Crippen molar-refractivity contribution in [2.75, 3.05) is 6.54 Å². The second kappa shape index (κ2) is 5.73. The number of halogens is 1. The molecule has 0 bridgehead atoms. The van der Waals surface area contributed by atoms with Crippen molar-refractivity contribution in [1.29, 1.82) is 0 Å². The zero-order valence-corrected chi connectivity index (χ0v) is 10.6. The smallest absolute Gasteiger partial charge is 0.141 e. The minimum atomic E-state index is -0.310. The summed E-state index contributed by atoms with van der Waals surface area (Å²) in [5.41, 5.74) is 1.98. The van der Waals surface area contributed by atoms with Crippen LogP contribution in [0.2, 0.25) is 0 Å². The molecule has 2 aromatic heterocycles. The average molecular weight is 248 g/mol. The minimum Gasteiger partial charge on any atom is -0.309 e. The maximum absolute atomic E-state index is 12.9. The Balaban J connectivity index is 2.14. The van der Waals surface area contributed by atoms with Gasteiger partial charge in [0.25, 0.3) is 0 Å². The number of nitrogens with zero attached hydrogens (tertiary/aromatic N) is 3. The van der Waals surface area contributed by atoms with Crippen LogP contribution >= 0.6 is 0 Å². The number of nitrogens with one attached hydrogen (secondary N) is 1. The minimum absolute atomic E-state index is 0.0831. The van der Waals surface area contributed by atoms with E-state index >= 15 is 0 Å². The van der Waals surface area contributed by atoms with Gasteiger partial charge in [0.2, 0.25) is 0 Å². The molecule has 96 valence electrons. The summed E-state index contributed by atoms with van der Waals surface area (Å²) < 4.78 is 14.6. The maximum atomic E-state index is 12.9. The third-order valence-electron chi connectivity index (χ3n) is 2.76. The Hall–Kier alpha value is -1.75. The van der Waals surface area contributed by atoms with Crippen molar-refractivity contribution in [2.24, 2.45) is 7.05 Å². The van der Waals surface area contributed by atoms with Crippen LogP contribution in [0.3, 0.4) is 0 Å². The Morgan fingerprint density at radius 1 is 1.39 bits per heavy atom. The van der Waals surface area contributed by atoms with E-state index in [4.69, 9.17) is 0 Å². The first-order chi connectivity index (χ1) is 8.69. The third kappa shape index (κ3) is 3.13. The normalized spacial score (nSPS) is 12.6. The molecule has 18 heavy (non-hydrogen) atoms. The molecule has 1 N–H and O–H groups in total. The van der Waals surface area contributed by atoms with Crippen LogP contribution in [0, 0.1) is 5.82 Å². The Bertz CT molecular complexity index is 492. The van der Waals surface area contributed by atoms with Gasteiger partial charge in [-0.05, 0) is 30.7 Å². The molecule has 0 spiro atoms. The summed E-state index contributed by atoms with van der Waals surface area (Å²) in [6, 6.07) is 3.24. The summed E-state index contributed by atoms with van der Waals surface area (Å²) in [6.45, 7) is 2.88. The molecule has 5 heteroatoms. The second-order valence-corrected chi connectivity index (χ2v) is 4.24. The first-order valence-corrected chi connectivity index (χ1v) is 6.01. The van der Waals surface area contributed by atoms with Gasteiger partial charge in [-0.3, -0.25) is 9.67 Å². The van der Waals surface area contributed by atoms with Crippen LogP contribution < -0.4 is 5.32 Å². The van der Waals surface area contributed by atoms with E-state index in [0.29, 0.717) is 0 Å². The standard InChI is InChI=1S/C13H17FN4/c1-3-15-13(6-10-7-17-18(2)9-10)12-5-4-11(14)8-16-12/h4-5,7-9,13,15H,3,6H2,1-2H3. The van der Waals surface area contributed by atoms with Gasteiger partial charge in [-0.25, -0.2) is 4.39 Å². The molecule has 0 aliphatic heterocycles. The molecule has 0 aliphatic carbocycles. The number of hydrogen-bond acceptors (Lipinski definition) is 3. The number of hydrogen-bond donors (Lipinski definition) is 1. The van der Waals surface area contributed by atoms with Crippen LogP contribution in [0.1, 0.15) is 24.2 Å². The van der Waals surface area contributed by atoms with E-state index in [0.717, 1.165) is 24.2 Å². The highest BCUT2D eigenvalue weighted by molar-refractivity contribution is 5.15. The Morgan fingerprint density at radius 2 is 2.22 bits per heavy atom. The van der Waals surface area contributed by atoms with E-state index in [1.165, 1.54) is 12.3 Å². The van der Waals surface area contributed by atoms with Crippen LogP contribution in [0.25, 0.3) is 0 Å². The number of aromatic nitrogens is 3. The van der Waals surface area contributed by atoms with Crippen molar-refractivity contribution in [1.82, 2.24) is 20.1 Å². The lowest BCUT2D eigenvalue weighted by molar-refractivity contribution is 0.531. The lowest BCUT2D eigenvalue weighted by Gasteiger charge is -2.16. The largest absolute Gasteiger partial charge is 0.309 e. The van der Waals surface area contributed by atoms with Crippen molar-refractivity contribution in [3.63, 3.8) is 0 Å². The van der Waals surface area contributed by atoms with Crippen molar-refractivity contribution < 1.29 is 4.39 Å².